The maximum atomic E-state index is 14.7. The predicted octanol–water partition coefficient (Wildman–Crippen LogP) is 8.22. The normalized spacial score (nSPS) is 13.2. The molecule has 2 rings (SSSR count). The maximum absolute atomic E-state index is 14.7. The lowest BCUT2D eigenvalue weighted by Crippen LogP contribution is -2.50. The summed E-state index contributed by atoms with van der Waals surface area (Å²) >= 11 is 2.37. The van der Waals surface area contributed by atoms with Gasteiger partial charge in [-0.1, -0.05) is 19.9 Å². The predicted molar refractivity (Wildman–Crippen MR) is 112 cm³/mol. The zero-order chi connectivity index (χ0) is 27.9. The Morgan fingerprint density at radius 1 is 0.944 bits per heavy atom. The van der Waals surface area contributed by atoms with Crippen molar-refractivity contribution in [2.24, 2.45) is 5.92 Å². The Labute approximate surface area is 205 Å². The van der Waals surface area contributed by atoms with Crippen LogP contribution in [0.4, 0.5) is 59.7 Å². The number of carbonyl (C=O) groups excluding carboxylic acids is 1. The van der Waals surface area contributed by atoms with Gasteiger partial charge in [0, 0.05) is 16.6 Å². The molecule has 0 atom stereocenters. The van der Waals surface area contributed by atoms with Crippen LogP contribution in [-0.2, 0) is 11.8 Å². The van der Waals surface area contributed by atoms with Gasteiger partial charge in [-0.25, -0.2) is 8.78 Å². The molecule has 0 fully saturated rings. The van der Waals surface area contributed by atoms with Crippen molar-refractivity contribution in [1.82, 2.24) is 0 Å². The van der Waals surface area contributed by atoms with E-state index in [2.05, 4.69) is 21.2 Å². The van der Waals surface area contributed by atoms with Crippen LogP contribution < -0.4 is 10.6 Å². The average Bonchev–Trinajstić information content (AvgIpc) is 2.70. The van der Waals surface area contributed by atoms with E-state index in [0.717, 1.165) is 6.07 Å². The topological polar surface area (TPSA) is 41.1 Å². The molecule has 0 aromatic heterocycles. The molecule has 0 aliphatic carbocycles. The van der Waals surface area contributed by atoms with Crippen molar-refractivity contribution in [2.75, 3.05) is 17.2 Å². The average molecular weight is 601 g/mol. The third-order valence-corrected chi connectivity index (χ3v) is 5.38. The summed E-state index contributed by atoms with van der Waals surface area (Å²) < 4.78 is 147. The van der Waals surface area contributed by atoms with Gasteiger partial charge in [-0.15, -0.1) is 0 Å². The molecule has 0 saturated heterocycles. The number of amides is 1. The fraction of sp³-hybridized carbons (Fsp3) is 0.381. The van der Waals surface area contributed by atoms with Gasteiger partial charge in [0.1, 0.15) is 0 Å². The van der Waals surface area contributed by atoms with E-state index in [0.29, 0.717) is 0 Å². The minimum Gasteiger partial charge on any atom is -0.382 e. The van der Waals surface area contributed by atoms with Crippen LogP contribution in [0.3, 0.4) is 0 Å². The van der Waals surface area contributed by atoms with Crippen LogP contribution in [0.15, 0.2) is 34.8 Å². The molecular weight excluding hydrogens is 585 g/mol. The van der Waals surface area contributed by atoms with Crippen LogP contribution in [0.5, 0.6) is 0 Å². The first-order chi connectivity index (χ1) is 16.2. The van der Waals surface area contributed by atoms with Crippen molar-refractivity contribution in [2.45, 2.75) is 38.0 Å². The molecule has 200 valence electrons. The molecule has 0 heterocycles. The largest absolute Gasteiger partial charge is 0.435 e. The van der Waals surface area contributed by atoms with Gasteiger partial charge in [-0.2, -0.15) is 39.5 Å². The van der Waals surface area contributed by atoms with Gasteiger partial charge in [-0.05, 0) is 46.1 Å². The van der Waals surface area contributed by atoms with Gasteiger partial charge >= 0.3 is 24.2 Å². The Balaban J connectivity index is 2.63. The highest BCUT2D eigenvalue weighted by Crippen LogP contribution is 2.55. The number of carbonyl (C=O) groups is 1. The van der Waals surface area contributed by atoms with Crippen molar-refractivity contribution in [3.05, 3.63) is 57.3 Å². The number of halogens is 12. The Hall–Kier alpha value is -2.58. The minimum absolute atomic E-state index is 0.0433. The first-order valence-corrected chi connectivity index (χ1v) is 10.6. The number of alkyl halides is 10. The number of rotatable bonds is 6. The molecule has 0 saturated carbocycles. The summed E-state index contributed by atoms with van der Waals surface area (Å²) in [5.41, 5.74) is -13.1. The van der Waals surface area contributed by atoms with Crippen LogP contribution in [-0.4, -0.2) is 24.8 Å². The molecule has 2 N–H and O–H groups in total. The lowest BCUT2D eigenvalue weighted by atomic mass is 9.92. The van der Waals surface area contributed by atoms with E-state index < -0.39 is 68.8 Å². The number of benzene rings is 2. The molecular formula is C21H16BrF11N2O. The molecule has 0 radical (unpaired) electrons. The van der Waals surface area contributed by atoms with Gasteiger partial charge in [0.2, 0.25) is 0 Å². The summed E-state index contributed by atoms with van der Waals surface area (Å²) in [6, 6.07) is 2.41. The number of hydrogen-bond acceptors (Lipinski definition) is 2. The van der Waals surface area contributed by atoms with Gasteiger partial charge < -0.3 is 10.6 Å². The Kier molecular flexibility index (Phi) is 8.28. The molecule has 1 amide bonds. The smallest absolute Gasteiger partial charge is 0.382 e. The summed E-state index contributed by atoms with van der Waals surface area (Å²) in [6.07, 6.45) is -19.0. The van der Waals surface area contributed by atoms with Crippen molar-refractivity contribution in [3.8, 4) is 0 Å². The summed E-state index contributed by atoms with van der Waals surface area (Å²) in [5, 5.41) is 4.30. The lowest BCUT2D eigenvalue weighted by molar-refractivity contribution is -0.348. The quantitative estimate of drug-likeness (QED) is 0.328. The fourth-order valence-electron chi connectivity index (χ4n) is 2.98. The van der Waals surface area contributed by atoms with Crippen molar-refractivity contribution >= 4 is 33.2 Å². The molecule has 0 aliphatic rings. The third-order valence-electron chi connectivity index (χ3n) is 4.76. The lowest BCUT2D eigenvalue weighted by Gasteiger charge is -2.31. The molecule has 15 heteroatoms. The standard InChI is InChI=1S/C21H16BrF11N2O/c1-9(2)8-34-14-5-3-4-11(15(14)23)17(36)35-16-12(19(25,26)27)6-10(7-13(16)22)18(24,20(28,29)30)21(31,32)33/h3-7,9,34H,8H2,1-2H3,(H,35,36). The van der Waals surface area contributed by atoms with Crippen LogP contribution in [0.1, 0.15) is 35.3 Å². The van der Waals surface area contributed by atoms with Crippen molar-refractivity contribution < 1.29 is 53.1 Å². The monoisotopic (exact) mass is 600 g/mol. The van der Waals surface area contributed by atoms with Gasteiger partial charge in [0.15, 0.2) is 5.82 Å². The van der Waals surface area contributed by atoms with Crippen LogP contribution >= 0.6 is 15.9 Å². The number of anilines is 2. The highest BCUT2D eigenvalue weighted by atomic mass is 79.9. The minimum atomic E-state index is -6.68. The molecule has 0 unspecified atom stereocenters. The van der Waals surface area contributed by atoms with E-state index in [1.165, 1.54) is 12.1 Å². The Bertz CT molecular complexity index is 1110. The van der Waals surface area contributed by atoms with Gasteiger partial charge in [0.05, 0.1) is 22.5 Å². The van der Waals surface area contributed by atoms with E-state index in [1.807, 2.05) is 0 Å². The SMILES string of the molecule is CC(C)CNc1cccc(C(=O)Nc2c(Br)cc(C(F)(C(F)(F)F)C(F)(F)F)cc2C(F)(F)F)c1F. The zero-order valence-electron chi connectivity index (χ0n) is 18.1. The number of hydrogen-bond donors (Lipinski definition) is 2. The molecule has 0 spiro atoms. The Morgan fingerprint density at radius 3 is 1.97 bits per heavy atom. The van der Waals surface area contributed by atoms with Crippen LogP contribution in [0.25, 0.3) is 0 Å². The summed E-state index contributed by atoms with van der Waals surface area (Å²) in [5.74, 6) is -2.63. The molecule has 0 bridgehead atoms. The molecule has 3 nitrogen and oxygen atoms in total. The second-order valence-corrected chi connectivity index (χ2v) is 8.78. The summed E-state index contributed by atoms with van der Waals surface area (Å²) in [4.78, 5) is 12.6. The fourth-order valence-corrected chi connectivity index (χ4v) is 3.54. The van der Waals surface area contributed by atoms with E-state index in [4.69, 9.17) is 0 Å². The highest BCUT2D eigenvalue weighted by molar-refractivity contribution is 9.10. The molecule has 2 aromatic carbocycles. The van der Waals surface area contributed by atoms with E-state index in [-0.39, 0.29) is 24.2 Å². The third kappa shape index (κ3) is 5.86. The maximum Gasteiger partial charge on any atom is 0.435 e. The van der Waals surface area contributed by atoms with Gasteiger partial charge in [-0.3, -0.25) is 4.79 Å². The first-order valence-electron chi connectivity index (χ1n) is 9.79. The summed E-state index contributed by atoms with van der Waals surface area (Å²) in [6.45, 7) is 3.83. The van der Waals surface area contributed by atoms with Crippen molar-refractivity contribution in [1.29, 1.82) is 0 Å². The molecule has 36 heavy (non-hydrogen) atoms. The molecule has 0 aliphatic heterocycles. The first kappa shape index (κ1) is 29.6. The van der Waals surface area contributed by atoms with Crippen LogP contribution in [0.2, 0.25) is 0 Å². The van der Waals surface area contributed by atoms with Crippen molar-refractivity contribution in [3.63, 3.8) is 0 Å². The van der Waals surface area contributed by atoms with Crippen LogP contribution in [0, 0.1) is 11.7 Å². The Morgan fingerprint density at radius 2 is 1.50 bits per heavy atom. The van der Waals surface area contributed by atoms with E-state index in [9.17, 15) is 53.1 Å². The zero-order valence-corrected chi connectivity index (χ0v) is 19.7. The second-order valence-electron chi connectivity index (χ2n) is 7.93. The second kappa shape index (κ2) is 10.1. The molecule has 2 aromatic rings. The highest BCUT2D eigenvalue weighted by Gasteiger charge is 2.73. The van der Waals surface area contributed by atoms with E-state index >= 15 is 0 Å². The number of nitrogens with one attached hydrogen (secondary N) is 2. The van der Waals surface area contributed by atoms with Gasteiger partial charge in [0.25, 0.3) is 5.91 Å². The van der Waals surface area contributed by atoms with E-state index in [1.54, 1.807) is 19.2 Å². The summed E-state index contributed by atoms with van der Waals surface area (Å²) in [7, 11) is 0.